The molecule has 0 aliphatic heterocycles. The average molecular weight is 211 g/mol. The summed E-state index contributed by atoms with van der Waals surface area (Å²) in [5, 5.41) is 3.34. The molecular weight excluding hydrogens is 190 g/mol. The van der Waals surface area contributed by atoms with Gasteiger partial charge in [-0.15, -0.1) is 0 Å². The van der Waals surface area contributed by atoms with E-state index in [0.29, 0.717) is 12.6 Å². The van der Waals surface area contributed by atoms with Gasteiger partial charge in [-0.3, -0.25) is 0 Å². The molecule has 1 aromatic heterocycles. The molecule has 1 rings (SSSR count). The summed E-state index contributed by atoms with van der Waals surface area (Å²) in [6, 6.07) is 2.55. The van der Waals surface area contributed by atoms with E-state index in [9.17, 15) is 0 Å². The summed E-state index contributed by atoms with van der Waals surface area (Å²) < 4.78 is 10.8. The SMILES string of the molecule is CCCOCc1cc(CNC(C)C)co1. The zero-order chi connectivity index (χ0) is 11.1. The Morgan fingerprint density at radius 1 is 1.47 bits per heavy atom. The first kappa shape index (κ1) is 12.3. The van der Waals surface area contributed by atoms with E-state index in [0.717, 1.165) is 25.3 Å². The van der Waals surface area contributed by atoms with Crippen molar-refractivity contribution in [1.29, 1.82) is 0 Å². The van der Waals surface area contributed by atoms with Crippen LogP contribution in [0.4, 0.5) is 0 Å². The molecule has 0 bridgehead atoms. The van der Waals surface area contributed by atoms with Crippen LogP contribution in [-0.2, 0) is 17.9 Å². The van der Waals surface area contributed by atoms with Crippen LogP contribution in [0, 0.1) is 0 Å². The summed E-state index contributed by atoms with van der Waals surface area (Å²) in [6.45, 7) is 8.58. The number of nitrogens with one attached hydrogen (secondary N) is 1. The summed E-state index contributed by atoms with van der Waals surface area (Å²) in [5.41, 5.74) is 1.18. The molecular formula is C12H21NO2. The van der Waals surface area contributed by atoms with Gasteiger partial charge in [0.1, 0.15) is 12.4 Å². The Bertz CT molecular complexity index is 268. The topological polar surface area (TPSA) is 34.4 Å². The van der Waals surface area contributed by atoms with Gasteiger partial charge in [0.2, 0.25) is 0 Å². The van der Waals surface area contributed by atoms with Crippen molar-refractivity contribution in [2.24, 2.45) is 0 Å². The van der Waals surface area contributed by atoms with Crippen molar-refractivity contribution < 1.29 is 9.15 Å². The minimum absolute atomic E-state index is 0.500. The highest BCUT2D eigenvalue weighted by molar-refractivity contribution is 5.12. The van der Waals surface area contributed by atoms with Crippen molar-refractivity contribution in [3.8, 4) is 0 Å². The van der Waals surface area contributed by atoms with E-state index in [4.69, 9.17) is 9.15 Å². The second kappa shape index (κ2) is 6.64. The lowest BCUT2D eigenvalue weighted by Crippen LogP contribution is -2.21. The molecule has 0 atom stereocenters. The fraction of sp³-hybridized carbons (Fsp3) is 0.667. The lowest BCUT2D eigenvalue weighted by atomic mass is 10.3. The smallest absolute Gasteiger partial charge is 0.129 e. The largest absolute Gasteiger partial charge is 0.467 e. The predicted octanol–water partition coefficient (Wildman–Crippen LogP) is 2.70. The van der Waals surface area contributed by atoms with Gasteiger partial charge in [-0.2, -0.15) is 0 Å². The zero-order valence-electron chi connectivity index (χ0n) is 9.88. The van der Waals surface area contributed by atoms with Crippen molar-refractivity contribution in [2.45, 2.75) is 46.4 Å². The summed E-state index contributed by atoms with van der Waals surface area (Å²) in [6.07, 6.45) is 2.84. The van der Waals surface area contributed by atoms with Crippen molar-refractivity contribution >= 4 is 0 Å². The molecule has 3 heteroatoms. The Labute approximate surface area is 91.8 Å². The zero-order valence-corrected chi connectivity index (χ0v) is 9.88. The third kappa shape index (κ3) is 5.00. The highest BCUT2D eigenvalue weighted by Crippen LogP contribution is 2.09. The molecule has 0 saturated carbocycles. The first-order valence-electron chi connectivity index (χ1n) is 5.59. The van der Waals surface area contributed by atoms with Gasteiger partial charge in [0.05, 0.1) is 6.26 Å². The second-order valence-electron chi connectivity index (χ2n) is 4.01. The Balaban J connectivity index is 2.29. The van der Waals surface area contributed by atoms with E-state index >= 15 is 0 Å². The van der Waals surface area contributed by atoms with Crippen LogP contribution in [0.25, 0.3) is 0 Å². The van der Waals surface area contributed by atoms with Gasteiger partial charge >= 0.3 is 0 Å². The van der Waals surface area contributed by atoms with Gasteiger partial charge in [-0.25, -0.2) is 0 Å². The molecule has 0 unspecified atom stereocenters. The van der Waals surface area contributed by atoms with Crippen LogP contribution in [0.1, 0.15) is 38.5 Å². The lowest BCUT2D eigenvalue weighted by Gasteiger charge is -2.04. The molecule has 1 N–H and O–H groups in total. The number of furan rings is 1. The molecule has 1 aromatic rings. The van der Waals surface area contributed by atoms with Crippen LogP contribution >= 0.6 is 0 Å². The van der Waals surface area contributed by atoms with Crippen molar-refractivity contribution in [1.82, 2.24) is 5.32 Å². The number of hydrogen-bond acceptors (Lipinski definition) is 3. The molecule has 0 radical (unpaired) electrons. The van der Waals surface area contributed by atoms with E-state index in [1.54, 1.807) is 6.26 Å². The summed E-state index contributed by atoms with van der Waals surface area (Å²) in [5.74, 6) is 0.906. The number of rotatable bonds is 7. The summed E-state index contributed by atoms with van der Waals surface area (Å²) >= 11 is 0. The lowest BCUT2D eigenvalue weighted by molar-refractivity contribution is 0.107. The Morgan fingerprint density at radius 3 is 2.93 bits per heavy atom. The van der Waals surface area contributed by atoms with Gasteiger partial charge in [0, 0.05) is 24.8 Å². The third-order valence-electron chi connectivity index (χ3n) is 2.02. The van der Waals surface area contributed by atoms with Crippen LogP contribution in [0.15, 0.2) is 16.7 Å². The molecule has 15 heavy (non-hydrogen) atoms. The van der Waals surface area contributed by atoms with E-state index < -0.39 is 0 Å². The monoisotopic (exact) mass is 211 g/mol. The van der Waals surface area contributed by atoms with Crippen LogP contribution in [0.5, 0.6) is 0 Å². The van der Waals surface area contributed by atoms with Gasteiger partial charge in [-0.1, -0.05) is 20.8 Å². The molecule has 0 amide bonds. The molecule has 3 nitrogen and oxygen atoms in total. The average Bonchev–Trinajstić information content (AvgIpc) is 2.63. The van der Waals surface area contributed by atoms with Crippen LogP contribution in [-0.4, -0.2) is 12.6 Å². The highest BCUT2D eigenvalue weighted by Gasteiger charge is 2.02. The molecule has 86 valence electrons. The second-order valence-corrected chi connectivity index (χ2v) is 4.01. The maximum absolute atomic E-state index is 5.39. The Hall–Kier alpha value is -0.800. The molecule has 0 aliphatic rings. The first-order valence-corrected chi connectivity index (χ1v) is 5.59. The van der Waals surface area contributed by atoms with Gasteiger partial charge in [0.15, 0.2) is 0 Å². The van der Waals surface area contributed by atoms with E-state index in [2.05, 4.69) is 26.1 Å². The van der Waals surface area contributed by atoms with Crippen molar-refractivity contribution in [3.63, 3.8) is 0 Å². The Morgan fingerprint density at radius 2 is 2.27 bits per heavy atom. The molecule has 0 fully saturated rings. The molecule has 0 spiro atoms. The minimum atomic E-state index is 0.500. The van der Waals surface area contributed by atoms with E-state index in [-0.39, 0.29) is 0 Å². The first-order chi connectivity index (χ1) is 7.22. The number of ether oxygens (including phenoxy) is 1. The highest BCUT2D eigenvalue weighted by atomic mass is 16.5. The summed E-state index contributed by atoms with van der Waals surface area (Å²) in [4.78, 5) is 0. The fourth-order valence-corrected chi connectivity index (χ4v) is 1.23. The minimum Gasteiger partial charge on any atom is -0.467 e. The molecule has 0 aromatic carbocycles. The van der Waals surface area contributed by atoms with Crippen LogP contribution in [0.3, 0.4) is 0 Å². The van der Waals surface area contributed by atoms with Crippen LogP contribution in [0.2, 0.25) is 0 Å². The normalized spacial score (nSPS) is 11.2. The van der Waals surface area contributed by atoms with E-state index in [1.165, 1.54) is 5.56 Å². The van der Waals surface area contributed by atoms with Gasteiger partial charge < -0.3 is 14.5 Å². The molecule has 0 saturated heterocycles. The summed E-state index contributed by atoms with van der Waals surface area (Å²) in [7, 11) is 0. The maximum Gasteiger partial charge on any atom is 0.129 e. The Kier molecular flexibility index (Phi) is 5.43. The quantitative estimate of drug-likeness (QED) is 0.704. The molecule has 0 aliphatic carbocycles. The maximum atomic E-state index is 5.39. The molecule has 1 heterocycles. The third-order valence-corrected chi connectivity index (χ3v) is 2.02. The number of hydrogen-bond donors (Lipinski definition) is 1. The van der Waals surface area contributed by atoms with E-state index in [1.807, 2.05) is 6.07 Å². The van der Waals surface area contributed by atoms with Crippen LogP contribution < -0.4 is 5.32 Å². The fourth-order valence-electron chi connectivity index (χ4n) is 1.23. The van der Waals surface area contributed by atoms with Crippen molar-refractivity contribution in [2.75, 3.05) is 6.61 Å². The predicted molar refractivity (Wildman–Crippen MR) is 60.6 cm³/mol. The van der Waals surface area contributed by atoms with Gasteiger partial charge in [-0.05, 0) is 12.5 Å². The van der Waals surface area contributed by atoms with Gasteiger partial charge in [0.25, 0.3) is 0 Å². The standard InChI is InChI=1S/C12H21NO2/c1-4-5-14-9-12-6-11(8-15-12)7-13-10(2)3/h6,8,10,13H,4-5,7,9H2,1-3H3. The van der Waals surface area contributed by atoms with Crippen molar-refractivity contribution in [3.05, 3.63) is 23.7 Å².